The fourth-order valence-electron chi connectivity index (χ4n) is 5.17. The van der Waals surface area contributed by atoms with Gasteiger partial charge in [-0.1, -0.05) is 12.2 Å². The average molecular weight is 660 g/mol. The number of aromatic nitrogens is 8. The summed E-state index contributed by atoms with van der Waals surface area (Å²) in [5, 5.41) is 0. The third-order valence-electron chi connectivity index (χ3n) is 7.13. The molecule has 43 heavy (non-hydrogen) atoms. The number of hydrogen-bond acceptors (Lipinski definition) is 16. The van der Waals surface area contributed by atoms with Crippen LogP contribution in [0.15, 0.2) is 25.3 Å². The van der Waals surface area contributed by atoms with Gasteiger partial charge in [0.15, 0.2) is 35.3 Å². The Bertz CT molecular complexity index is 1800. The maximum Gasteiger partial charge on any atom is 0.472 e. The Morgan fingerprint density at radius 2 is 1.49 bits per heavy atom. The van der Waals surface area contributed by atoms with E-state index in [-0.39, 0.29) is 29.2 Å². The molecular formula is C20H23FN10O9P2S. The van der Waals surface area contributed by atoms with Gasteiger partial charge in [0.1, 0.15) is 54.3 Å². The van der Waals surface area contributed by atoms with Crippen LogP contribution in [0.3, 0.4) is 0 Å². The first kappa shape index (κ1) is 28.9. The Kier molecular flexibility index (Phi) is 7.16. The van der Waals surface area contributed by atoms with Gasteiger partial charge in [-0.25, -0.2) is 43.4 Å². The van der Waals surface area contributed by atoms with Crippen LogP contribution in [0.5, 0.6) is 0 Å². The highest BCUT2D eigenvalue weighted by atomic mass is 32.7. The van der Waals surface area contributed by atoms with Crippen molar-refractivity contribution in [1.82, 2.24) is 39.0 Å². The highest BCUT2D eigenvalue weighted by Crippen LogP contribution is 2.58. The van der Waals surface area contributed by atoms with Gasteiger partial charge in [0.2, 0.25) is 0 Å². The van der Waals surface area contributed by atoms with Crippen molar-refractivity contribution in [3.05, 3.63) is 25.3 Å². The first-order chi connectivity index (χ1) is 20.5. The van der Waals surface area contributed by atoms with Crippen molar-refractivity contribution in [1.29, 1.82) is 0 Å². The van der Waals surface area contributed by atoms with Gasteiger partial charge < -0.3 is 25.8 Å². The summed E-state index contributed by atoms with van der Waals surface area (Å²) in [6.07, 6.45) is -4.36. The number of nitrogens with zero attached hydrogens (tertiary/aromatic N) is 8. The third kappa shape index (κ3) is 5.28. The first-order valence-electron chi connectivity index (χ1n) is 12.6. The number of nitrogens with two attached hydrogens (primary N) is 2. The molecule has 3 saturated heterocycles. The molecule has 9 atom stereocenters. The summed E-state index contributed by atoms with van der Waals surface area (Å²) in [5.74, 6) is 0.206. The number of imidazole rings is 2. The molecule has 19 nitrogen and oxygen atoms in total. The SMILES string of the molecule is Nc1ncnc2c1ncn2[C@@H]1O[C@@H]2COP(=O)(O)O[C@H]3C[C@H](n4cnc5c(N)ncnc54)OC3CO[P@](=O)(S)O[C@H]2[C@H]1F. The number of fused-ring (bicyclic) bond motifs is 4. The number of anilines is 2. The zero-order chi connectivity index (χ0) is 30.1. The molecule has 0 spiro atoms. The second-order valence-corrected chi connectivity index (χ2v) is 14.1. The van der Waals surface area contributed by atoms with E-state index in [9.17, 15) is 14.0 Å². The Hall–Kier alpha value is -2.84. The number of rotatable bonds is 2. The normalized spacial score (nSPS) is 37.1. The number of halogens is 1. The van der Waals surface area contributed by atoms with E-state index in [1.807, 2.05) is 0 Å². The van der Waals surface area contributed by atoms with Gasteiger partial charge in [-0.15, -0.1) is 0 Å². The zero-order valence-corrected chi connectivity index (χ0v) is 24.3. The average Bonchev–Trinajstić information content (AvgIpc) is 3.72. The molecule has 0 saturated carbocycles. The molecule has 4 aromatic rings. The van der Waals surface area contributed by atoms with Crippen molar-refractivity contribution in [2.75, 3.05) is 24.7 Å². The van der Waals surface area contributed by atoms with Crippen molar-refractivity contribution < 1.29 is 46.0 Å². The molecule has 0 bridgehead atoms. The van der Waals surface area contributed by atoms with Crippen molar-refractivity contribution in [3.63, 3.8) is 0 Å². The van der Waals surface area contributed by atoms with Crippen molar-refractivity contribution in [2.24, 2.45) is 0 Å². The molecule has 23 heteroatoms. The van der Waals surface area contributed by atoms with Crippen molar-refractivity contribution >= 4 is 60.8 Å². The van der Waals surface area contributed by atoms with Crippen LogP contribution in [-0.4, -0.2) is 87.7 Å². The lowest BCUT2D eigenvalue weighted by atomic mass is 10.1. The van der Waals surface area contributed by atoms with E-state index in [0.717, 1.165) is 0 Å². The summed E-state index contributed by atoms with van der Waals surface area (Å²) < 4.78 is 78.5. The standard InChI is InChI=1S/C20H23FN10O9P2S/c21-12-15-10(38-20(12)31-7-29-14-17(23)25-5-27-19(14)31)3-35-41(32,33)39-8-1-11(37-9(8)2-36-42(34,43)40-15)30-6-28-13-16(22)24-4-26-18(13)30/h4-12,15,20H,1-3H2,(H,32,33)(H,34,43)(H2,22,24,26)(H2,23,25,27)/t8-,9?,10+,11+,12+,15+,20+,42-/m0/s1. The quantitative estimate of drug-likeness (QED) is 0.175. The van der Waals surface area contributed by atoms with E-state index in [0.29, 0.717) is 11.2 Å². The van der Waals surface area contributed by atoms with E-state index in [2.05, 4.69) is 42.2 Å². The number of ether oxygens (including phenoxy) is 2. The van der Waals surface area contributed by atoms with E-state index in [1.165, 1.54) is 34.4 Å². The summed E-state index contributed by atoms with van der Waals surface area (Å²) in [5.41, 5.74) is 12.7. The van der Waals surface area contributed by atoms with Crippen LogP contribution < -0.4 is 11.5 Å². The Labute approximate surface area is 245 Å². The minimum atomic E-state index is -4.80. The Morgan fingerprint density at radius 3 is 2.19 bits per heavy atom. The van der Waals surface area contributed by atoms with Crippen LogP contribution in [0.4, 0.5) is 16.0 Å². The van der Waals surface area contributed by atoms with Crippen LogP contribution in [0.1, 0.15) is 18.9 Å². The molecule has 3 aliphatic rings. The molecule has 230 valence electrons. The van der Waals surface area contributed by atoms with Crippen molar-refractivity contribution in [2.45, 2.75) is 49.5 Å². The Balaban J connectivity index is 1.15. The lowest BCUT2D eigenvalue weighted by Crippen LogP contribution is -2.35. The van der Waals surface area contributed by atoms with E-state index in [1.54, 1.807) is 0 Å². The molecular weight excluding hydrogens is 637 g/mol. The number of nitrogen functional groups attached to an aromatic ring is 2. The number of hydrogen-bond donors (Lipinski definition) is 4. The summed E-state index contributed by atoms with van der Waals surface area (Å²) in [6.45, 7) is -5.46. The molecule has 4 aromatic heterocycles. The van der Waals surface area contributed by atoms with Gasteiger partial charge in [0.25, 0.3) is 0 Å². The smallest absolute Gasteiger partial charge is 0.382 e. The predicted molar refractivity (Wildman–Crippen MR) is 145 cm³/mol. The molecule has 7 rings (SSSR count). The molecule has 3 fully saturated rings. The lowest BCUT2D eigenvalue weighted by molar-refractivity contribution is -0.0605. The third-order valence-corrected chi connectivity index (χ3v) is 9.76. The molecule has 5 N–H and O–H groups in total. The van der Waals surface area contributed by atoms with Crippen LogP contribution in [0, 0.1) is 0 Å². The molecule has 2 unspecified atom stereocenters. The minimum Gasteiger partial charge on any atom is -0.382 e. The highest BCUT2D eigenvalue weighted by Gasteiger charge is 2.52. The van der Waals surface area contributed by atoms with Gasteiger partial charge in [0, 0.05) is 6.42 Å². The molecule has 0 aromatic carbocycles. The second-order valence-electron chi connectivity index (χ2n) is 9.78. The first-order valence-corrected chi connectivity index (χ1v) is 16.8. The van der Waals surface area contributed by atoms with Gasteiger partial charge in [-0.2, -0.15) is 0 Å². The maximum absolute atomic E-state index is 15.9. The zero-order valence-electron chi connectivity index (χ0n) is 21.6. The van der Waals surface area contributed by atoms with Gasteiger partial charge in [-0.3, -0.25) is 27.2 Å². The van der Waals surface area contributed by atoms with Crippen molar-refractivity contribution in [3.8, 4) is 0 Å². The van der Waals surface area contributed by atoms with E-state index >= 15 is 4.39 Å². The molecule has 0 aliphatic carbocycles. The monoisotopic (exact) mass is 660 g/mol. The number of phosphoric ester groups is 1. The van der Waals surface area contributed by atoms with Crippen LogP contribution in [0.25, 0.3) is 22.3 Å². The number of phosphoric acid groups is 1. The molecule has 0 amide bonds. The second kappa shape index (κ2) is 10.7. The van der Waals surface area contributed by atoms with E-state index in [4.69, 9.17) is 39.0 Å². The number of thiol groups is 1. The van der Waals surface area contributed by atoms with Gasteiger partial charge in [0.05, 0.1) is 25.9 Å². The van der Waals surface area contributed by atoms with Crippen LogP contribution in [0.2, 0.25) is 0 Å². The summed E-state index contributed by atoms with van der Waals surface area (Å²) >= 11 is 4.03. The number of alkyl halides is 1. The van der Waals surface area contributed by atoms with Crippen LogP contribution in [-0.2, 0) is 36.7 Å². The van der Waals surface area contributed by atoms with Crippen LogP contribution >= 0.6 is 26.9 Å². The summed E-state index contributed by atoms with van der Waals surface area (Å²) in [4.78, 5) is 34.9. The summed E-state index contributed by atoms with van der Waals surface area (Å²) in [7, 11) is -4.80. The Morgan fingerprint density at radius 1 is 0.860 bits per heavy atom. The van der Waals surface area contributed by atoms with Gasteiger partial charge in [-0.05, 0) is 0 Å². The predicted octanol–water partition coefficient (Wildman–Crippen LogP) is 1.31. The lowest BCUT2D eigenvalue weighted by Gasteiger charge is -2.27. The fourth-order valence-corrected chi connectivity index (χ4v) is 7.61. The molecule has 3 aliphatic heterocycles. The highest BCUT2D eigenvalue weighted by molar-refractivity contribution is 8.44. The topological polar surface area (TPSA) is 249 Å². The van der Waals surface area contributed by atoms with E-state index < -0.39 is 70.9 Å². The maximum atomic E-state index is 15.9. The molecule has 0 radical (unpaired) electrons. The van der Waals surface area contributed by atoms with Gasteiger partial charge >= 0.3 is 14.6 Å². The fraction of sp³-hybridized carbons (Fsp3) is 0.500. The largest absolute Gasteiger partial charge is 0.472 e. The minimum absolute atomic E-state index is 0.00487. The summed E-state index contributed by atoms with van der Waals surface area (Å²) in [6, 6.07) is 0. The molecule has 7 heterocycles.